The Labute approximate surface area is 109 Å². The zero-order valence-corrected chi connectivity index (χ0v) is 10.4. The van der Waals surface area contributed by atoms with Crippen LogP contribution in [0.25, 0.3) is 11.3 Å². The van der Waals surface area contributed by atoms with E-state index in [4.69, 9.17) is 11.6 Å². The van der Waals surface area contributed by atoms with Gasteiger partial charge in [-0.2, -0.15) is 0 Å². The van der Waals surface area contributed by atoms with Gasteiger partial charge >= 0.3 is 0 Å². The highest BCUT2D eigenvalue weighted by atomic mass is 35.5. The van der Waals surface area contributed by atoms with E-state index in [2.05, 4.69) is 26.7 Å². The SMILES string of the molecule is Clc1ccncc1-n1cc(C2=CCNCC2)nn1. The molecule has 0 amide bonds. The maximum atomic E-state index is 6.10. The van der Waals surface area contributed by atoms with Crippen LogP contribution in [0, 0.1) is 0 Å². The number of halogens is 1. The topological polar surface area (TPSA) is 55.6 Å². The second-order valence-electron chi connectivity index (χ2n) is 4.06. The minimum absolute atomic E-state index is 0.612. The lowest BCUT2D eigenvalue weighted by molar-refractivity contribution is 0.736. The van der Waals surface area contributed by atoms with Crippen molar-refractivity contribution in [2.24, 2.45) is 0 Å². The lowest BCUT2D eigenvalue weighted by Crippen LogP contribution is -2.20. The fourth-order valence-electron chi connectivity index (χ4n) is 1.92. The molecule has 0 fully saturated rings. The first-order chi connectivity index (χ1) is 8.84. The monoisotopic (exact) mass is 261 g/mol. The van der Waals surface area contributed by atoms with Gasteiger partial charge in [0, 0.05) is 12.7 Å². The first kappa shape index (κ1) is 11.4. The molecule has 0 saturated heterocycles. The van der Waals surface area contributed by atoms with Gasteiger partial charge < -0.3 is 5.32 Å². The molecule has 0 atom stereocenters. The van der Waals surface area contributed by atoms with E-state index in [-0.39, 0.29) is 0 Å². The summed E-state index contributed by atoms with van der Waals surface area (Å²) in [5.41, 5.74) is 2.86. The third kappa shape index (κ3) is 2.14. The van der Waals surface area contributed by atoms with Crippen LogP contribution >= 0.6 is 11.6 Å². The summed E-state index contributed by atoms with van der Waals surface area (Å²) in [6, 6.07) is 1.74. The van der Waals surface area contributed by atoms with Crippen LogP contribution in [0.15, 0.2) is 30.7 Å². The molecular weight excluding hydrogens is 250 g/mol. The number of aromatic nitrogens is 4. The molecule has 1 aliphatic rings. The number of nitrogens with zero attached hydrogens (tertiary/aromatic N) is 4. The smallest absolute Gasteiger partial charge is 0.109 e. The van der Waals surface area contributed by atoms with Crippen molar-refractivity contribution in [1.29, 1.82) is 0 Å². The molecule has 0 unspecified atom stereocenters. The normalized spacial score (nSPS) is 15.5. The van der Waals surface area contributed by atoms with Crippen LogP contribution in [-0.2, 0) is 0 Å². The molecular formula is C12H12ClN5. The van der Waals surface area contributed by atoms with E-state index in [0.717, 1.165) is 30.9 Å². The summed E-state index contributed by atoms with van der Waals surface area (Å²) in [5, 5.41) is 12.2. The highest BCUT2D eigenvalue weighted by molar-refractivity contribution is 6.32. The summed E-state index contributed by atoms with van der Waals surface area (Å²) in [7, 11) is 0. The van der Waals surface area contributed by atoms with Gasteiger partial charge in [-0.05, 0) is 24.6 Å². The molecule has 0 radical (unpaired) electrons. The van der Waals surface area contributed by atoms with Gasteiger partial charge in [0.2, 0.25) is 0 Å². The molecule has 2 aromatic heterocycles. The molecule has 0 aromatic carbocycles. The average molecular weight is 262 g/mol. The van der Waals surface area contributed by atoms with Gasteiger partial charge in [0.05, 0.1) is 17.4 Å². The Morgan fingerprint density at radius 2 is 2.33 bits per heavy atom. The van der Waals surface area contributed by atoms with Gasteiger partial charge in [0.15, 0.2) is 0 Å². The predicted octanol–water partition coefficient (Wildman–Crippen LogP) is 1.69. The van der Waals surface area contributed by atoms with Crippen molar-refractivity contribution in [3.05, 3.63) is 41.4 Å². The summed E-state index contributed by atoms with van der Waals surface area (Å²) in [5.74, 6) is 0. The molecule has 5 nitrogen and oxygen atoms in total. The Morgan fingerprint density at radius 1 is 1.39 bits per heavy atom. The van der Waals surface area contributed by atoms with Crippen molar-refractivity contribution in [3.8, 4) is 5.69 Å². The van der Waals surface area contributed by atoms with Crippen molar-refractivity contribution >= 4 is 17.2 Å². The molecule has 3 rings (SSSR count). The minimum Gasteiger partial charge on any atom is -0.313 e. The summed E-state index contributed by atoms with van der Waals surface area (Å²) in [6.45, 7) is 1.86. The predicted molar refractivity (Wildman–Crippen MR) is 69.6 cm³/mol. The highest BCUT2D eigenvalue weighted by Gasteiger charge is 2.11. The van der Waals surface area contributed by atoms with Crippen LogP contribution < -0.4 is 5.32 Å². The first-order valence-electron chi connectivity index (χ1n) is 5.77. The summed E-state index contributed by atoms with van der Waals surface area (Å²) < 4.78 is 1.66. The fraction of sp³-hybridized carbons (Fsp3) is 0.250. The van der Waals surface area contributed by atoms with Crippen LogP contribution in [0.3, 0.4) is 0 Å². The van der Waals surface area contributed by atoms with Crippen LogP contribution in [0.4, 0.5) is 0 Å². The summed E-state index contributed by atoms with van der Waals surface area (Å²) in [6.07, 6.45) is 8.33. The number of hydrogen-bond acceptors (Lipinski definition) is 4. The van der Waals surface area contributed by atoms with Crippen molar-refractivity contribution in [2.75, 3.05) is 13.1 Å². The Morgan fingerprint density at radius 3 is 3.11 bits per heavy atom. The Bertz CT molecular complexity index is 590. The lowest BCUT2D eigenvalue weighted by Gasteiger charge is -2.10. The summed E-state index contributed by atoms with van der Waals surface area (Å²) >= 11 is 6.10. The molecule has 1 aliphatic heterocycles. The molecule has 1 N–H and O–H groups in total. The van der Waals surface area contributed by atoms with Gasteiger partial charge in [-0.15, -0.1) is 5.10 Å². The van der Waals surface area contributed by atoms with Crippen LogP contribution in [-0.4, -0.2) is 33.1 Å². The van der Waals surface area contributed by atoms with E-state index in [1.165, 1.54) is 5.57 Å². The molecule has 0 saturated carbocycles. The van der Waals surface area contributed by atoms with E-state index < -0.39 is 0 Å². The molecule has 92 valence electrons. The average Bonchev–Trinajstić information content (AvgIpc) is 2.90. The van der Waals surface area contributed by atoms with Gasteiger partial charge in [-0.3, -0.25) is 4.98 Å². The lowest BCUT2D eigenvalue weighted by atomic mass is 10.1. The van der Waals surface area contributed by atoms with Crippen LogP contribution in [0.5, 0.6) is 0 Å². The Kier molecular flexibility index (Phi) is 3.08. The highest BCUT2D eigenvalue weighted by Crippen LogP contribution is 2.21. The molecule has 0 bridgehead atoms. The van der Waals surface area contributed by atoms with E-state index in [1.54, 1.807) is 23.1 Å². The third-order valence-corrected chi connectivity index (χ3v) is 3.20. The van der Waals surface area contributed by atoms with E-state index in [1.807, 2.05) is 6.20 Å². The van der Waals surface area contributed by atoms with Crippen molar-refractivity contribution < 1.29 is 0 Å². The second-order valence-corrected chi connectivity index (χ2v) is 4.47. The zero-order valence-electron chi connectivity index (χ0n) is 9.67. The number of nitrogens with one attached hydrogen (secondary N) is 1. The standard InChI is InChI=1S/C12H12ClN5/c13-10-3-6-15-7-12(10)18-8-11(16-17-18)9-1-4-14-5-2-9/h1,3,6-8,14H,2,4-5H2. The first-order valence-corrected chi connectivity index (χ1v) is 6.15. The second kappa shape index (κ2) is 4.88. The fourth-order valence-corrected chi connectivity index (χ4v) is 2.11. The van der Waals surface area contributed by atoms with Crippen LogP contribution in [0.1, 0.15) is 12.1 Å². The molecule has 18 heavy (non-hydrogen) atoms. The van der Waals surface area contributed by atoms with E-state index in [0.29, 0.717) is 5.02 Å². The van der Waals surface area contributed by atoms with Gasteiger partial charge in [-0.1, -0.05) is 22.9 Å². The molecule has 0 aliphatic carbocycles. The number of hydrogen-bond donors (Lipinski definition) is 1. The maximum Gasteiger partial charge on any atom is 0.109 e. The number of pyridine rings is 1. The molecule has 6 heteroatoms. The van der Waals surface area contributed by atoms with E-state index >= 15 is 0 Å². The zero-order chi connectivity index (χ0) is 12.4. The van der Waals surface area contributed by atoms with Crippen molar-refractivity contribution in [2.45, 2.75) is 6.42 Å². The molecule has 2 aromatic rings. The van der Waals surface area contributed by atoms with Gasteiger partial charge in [0.1, 0.15) is 11.4 Å². The third-order valence-electron chi connectivity index (χ3n) is 2.88. The summed E-state index contributed by atoms with van der Waals surface area (Å²) in [4.78, 5) is 4.05. The number of rotatable bonds is 2. The molecule has 0 spiro atoms. The minimum atomic E-state index is 0.612. The van der Waals surface area contributed by atoms with Crippen molar-refractivity contribution in [3.63, 3.8) is 0 Å². The largest absolute Gasteiger partial charge is 0.313 e. The van der Waals surface area contributed by atoms with Crippen molar-refractivity contribution in [1.82, 2.24) is 25.3 Å². The molecule has 3 heterocycles. The van der Waals surface area contributed by atoms with Crippen LogP contribution in [0.2, 0.25) is 5.02 Å². The van der Waals surface area contributed by atoms with Gasteiger partial charge in [-0.25, -0.2) is 4.68 Å². The Hall–Kier alpha value is -1.72. The Balaban J connectivity index is 1.94. The maximum absolute atomic E-state index is 6.10. The quantitative estimate of drug-likeness (QED) is 0.894. The van der Waals surface area contributed by atoms with Gasteiger partial charge in [0.25, 0.3) is 0 Å². The van der Waals surface area contributed by atoms with E-state index in [9.17, 15) is 0 Å².